The normalized spacial score (nSPS) is 19.2. The highest BCUT2D eigenvalue weighted by atomic mass is 35.5. The van der Waals surface area contributed by atoms with Crippen molar-refractivity contribution in [3.63, 3.8) is 0 Å². The maximum atomic E-state index is 13.3. The monoisotopic (exact) mass is 522 g/mol. The number of aromatic nitrogens is 4. The lowest BCUT2D eigenvalue weighted by atomic mass is 9.95. The fourth-order valence-electron chi connectivity index (χ4n) is 5.55. The van der Waals surface area contributed by atoms with Crippen molar-refractivity contribution in [2.24, 2.45) is 0 Å². The summed E-state index contributed by atoms with van der Waals surface area (Å²) in [5, 5.41) is 20.1. The van der Waals surface area contributed by atoms with Crippen LogP contribution in [0.4, 0.5) is 5.82 Å². The van der Waals surface area contributed by atoms with Crippen molar-refractivity contribution >= 4 is 51.0 Å². The number of benzene rings is 2. The predicted octanol–water partition coefficient (Wildman–Crippen LogP) is 4.02. The standard InChI is InChI=1S/C26H27ClN6O2S/c1-4-20(34)31-7-8-32(15(3)13-31)25-16-11-18(27)22(21-14(2)5-6-19-17(21)12-28-30-19)24-23(16)33(9-10-36-24)26(35)29-25/h4-6,11-12,15,20,34H,1,7-10,13H2,2-3H3,(H,28,30)/t15-,20?/m0/s1. The summed E-state index contributed by atoms with van der Waals surface area (Å²) >= 11 is 8.81. The van der Waals surface area contributed by atoms with E-state index < -0.39 is 6.23 Å². The first-order valence-corrected chi connectivity index (χ1v) is 13.4. The van der Waals surface area contributed by atoms with Crippen LogP contribution in [-0.2, 0) is 6.54 Å². The first kappa shape index (κ1) is 23.5. The molecule has 8 nitrogen and oxygen atoms in total. The summed E-state index contributed by atoms with van der Waals surface area (Å²) in [6.07, 6.45) is 2.69. The number of hydrogen-bond donors (Lipinski definition) is 2. The number of aryl methyl sites for hydroxylation is 2. The highest BCUT2D eigenvalue weighted by Gasteiger charge is 2.32. The molecule has 1 unspecified atom stereocenters. The second-order valence-electron chi connectivity index (χ2n) is 9.45. The quantitative estimate of drug-likeness (QED) is 0.391. The Labute approximate surface area is 217 Å². The second-order valence-corrected chi connectivity index (χ2v) is 11.0. The van der Waals surface area contributed by atoms with Crippen LogP contribution >= 0.6 is 23.4 Å². The van der Waals surface area contributed by atoms with Gasteiger partial charge < -0.3 is 10.0 Å². The molecule has 2 atom stereocenters. The van der Waals surface area contributed by atoms with Crippen molar-refractivity contribution in [1.29, 1.82) is 0 Å². The number of fused-ring (bicyclic) bond motifs is 1. The molecule has 6 rings (SSSR count). The minimum atomic E-state index is -0.688. The van der Waals surface area contributed by atoms with E-state index in [2.05, 4.69) is 46.6 Å². The molecule has 0 saturated carbocycles. The van der Waals surface area contributed by atoms with E-state index in [0.29, 0.717) is 37.0 Å². The third kappa shape index (κ3) is 3.56. The van der Waals surface area contributed by atoms with Crippen molar-refractivity contribution in [2.75, 3.05) is 30.3 Å². The van der Waals surface area contributed by atoms with Crippen molar-refractivity contribution < 1.29 is 5.11 Å². The number of piperazine rings is 1. The fourth-order valence-corrected chi connectivity index (χ4v) is 7.09. The lowest BCUT2D eigenvalue weighted by Crippen LogP contribution is -2.55. The van der Waals surface area contributed by atoms with E-state index in [0.717, 1.165) is 49.1 Å². The van der Waals surface area contributed by atoms with Crippen LogP contribution in [0.2, 0.25) is 5.02 Å². The molecule has 0 radical (unpaired) electrons. The molecule has 2 aliphatic rings. The van der Waals surface area contributed by atoms with Gasteiger partial charge in [0.25, 0.3) is 0 Å². The Morgan fingerprint density at radius 1 is 1.28 bits per heavy atom. The molecule has 0 amide bonds. The van der Waals surface area contributed by atoms with Crippen molar-refractivity contribution in [3.05, 3.63) is 58.1 Å². The zero-order valence-electron chi connectivity index (χ0n) is 20.2. The number of rotatable bonds is 4. The van der Waals surface area contributed by atoms with Gasteiger partial charge in [-0.2, -0.15) is 10.1 Å². The van der Waals surface area contributed by atoms with Gasteiger partial charge in [-0.05, 0) is 43.2 Å². The molecular formula is C26H27ClN6O2S. The highest BCUT2D eigenvalue weighted by Crippen LogP contribution is 2.48. The van der Waals surface area contributed by atoms with E-state index in [1.165, 1.54) is 6.08 Å². The van der Waals surface area contributed by atoms with Crippen LogP contribution in [0, 0.1) is 6.92 Å². The summed E-state index contributed by atoms with van der Waals surface area (Å²) in [5.41, 5.74) is 4.67. The van der Waals surface area contributed by atoms with Gasteiger partial charge in [0.1, 0.15) is 12.0 Å². The average Bonchev–Trinajstić information content (AvgIpc) is 3.35. The first-order chi connectivity index (χ1) is 17.4. The summed E-state index contributed by atoms with van der Waals surface area (Å²) < 4.78 is 1.79. The number of aliphatic hydroxyl groups excluding tert-OH is 1. The SMILES string of the molecule is C=CC(O)N1CCN(c2nc(=O)n3c4c(c(-c5c(C)ccc6[nH]ncc56)c(Cl)cc24)SCC3)[C@@H](C)C1. The molecule has 2 N–H and O–H groups in total. The molecular weight excluding hydrogens is 496 g/mol. The van der Waals surface area contributed by atoms with Gasteiger partial charge >= 0.3 is 5.69 Å². The Kier molecular flexibility index (Phi) is 5.83. The number of aromatic amines is 1. The Hall–Kier alpha value is -2.85. The van der Waals surface area contributed by atoms with Crippen LogP contribution in [0.5, 0.6) is 0 Å². The number of anilines is 1. The topological polar surface area (TPSA) is 90.3 Å². The van der Waals surface area contributed by atoms with Crippen molar-refractivity contribution in [1.82, 2.24) is 24.6 Å². The smallest absolute Gasteiger partial charge is 0.350 e. The molecule has 186 valence electrons. The molecule has 36 heavy (non-hydrogen) atoms. The molecule has 10 heteroatoms. The van der Waals surface area contributed by atoms with Gasteiger partial charge in [-0.15, -0.1) is 11.8 Å². The summed E-state index contributed by atoms with van der Waals surface area (Å²) in [6, 6.07) is 6.10. The third-order valence-corrected chi connectivity index (χ3v) is 8.68. The number of nitrogens with one attached hydrogen (secondary N) is 1. The molecule has 2 aromatic carbocycles. The second kappa shape index (κ2) is 8.92. The number of hydrogen-bond acceptors (Lipinski definition) is 7. The van der Waals surface area contributed by atoms with Gasteiger partial charge in [0.05, 0.1) is 22.3 Å². The molecule has 0 bridgehead atoms. The minimum absolute atomic E-state index is 0.0405. The number of aliphatic hydroxyl groups is 1. The van der Waals surface area contributed by atoms with Crippen LogP contribution in [-0.4, -0.2) is 67.4 Å². The molecule has 0 spiro atoms. The zero-order chi connectivity index (χ0) is 25.1. The Morgan fingerprint density at radius 3 is 2.89 bits per heavy atom. The number of thioether (sulfide) groups is 1. The van der Waals surface area contributed by atoms with Crippen LogP contribution in [0.3, 0.4) is 0 Å². The number of H-pyrrole nitrogens is 1. The van der Waals surface area contributed by atoms with Crippen molar-refractivity contribution in [3.8, 4) is 11.1 Å². The van der Waals surface area contributed by atoms with Crippen molar-refractivity contribution in [2.45, 2.75) is 37.6 Å². The Balaban J connectivity index is 1.58. The maximum absolute atomic E-state index is 13.3. The highest BCUT2D eigenvalue weighted by molar-refractivity contribution is 7.99. The van der Waals surface area contributed by atoms with Crippen LogP contribution in [0.15, 0.2) is 46.7 Å². The summed E-state index contributed by atoms with van der Waals surface area (Å²) in [6.45, 7) is 10.4. The zero-order valence-corrected chi connectivity index (χ0v) is 21.7. The first-order valence-electron chi connectivity index (χ1n) is 12.0. The lowest BCUT2D eigenvalue weighted by molar-refractivity contribution is 0.0296. The molecule has 1 fully saturated rings. The molecule has 4 heterocycles. The van der Waals surface area contributed by atoms with Crippen LogP contribution in [0.25, 0.3) is 32.9 Å². The third-order valence-electron chi connectivity index (χ3n) is 7.31. The van der Waals surface area contributed by atoms with Gasteiger partial charge in [0.2, 0.25) is 0 Å². The van der Waals surface area contributed by atoms with Gasteiger partial charge in [-0.25, -0.2) is 4.79 Å². The predicted molar refractivity (Wildman–Crippen MR) is 146 cm³/mol. The molecule has 0 aliphatic carbocycles. The van der Waals surface area contributed by atoms with E-state index >= 15 is 0 Å². The van der Waals surface area contributed by atoms with Crippen LogP contribution < -0.4 is 10.6 Å². The number of halogens is 1. The summed E-state index contributed by atoms with van der Waals surface area (Å²) in [7, 11) is 0. The van der Waals surface area contributed by atoms with Gasteiger partial charge in [0.15, 0.2) is 0 Å². The molecule has 1 saturated heterocycles. The average molecular weight is 523 g/mol. The summed E-state index contributed by atoms with van der Waals surface area (Å²) in [4.78, 5) is 23.0. The van der Waals surface area contributed by atoms with Gasteiger partial charge in [-0.1, -0.05) is 24.2 Å². The van der Waals surface area contributed by atoms with E-state index in [1.807, 2.05) is 23.2 Å². The fraction of sp³-hybridized carbons (Fsp3) is 0.346. The van der Waals surface area contributed by atoms with E-state index in [9.17, 15) is 9.90 Å². The van der Waals surface area contributed by atoms with Gasteiger partial charge in [0, 0.05) is 59.2 Å². The largest absolute Gasteiger partial charge is 0.375 e. The van der Waals surface area contributed by atoms with E-state index in [1.54, 1.807) is 16.3 Å². The maximum Gasteiger partial charge on any atom is 0.350 e. The Morgan fingerprint density at radius 2 is 2.11 bits per heavy atom. The lowest BCUT2D eigenvalue weighted by Gasteiger charge is -2.42. The molecule has 2 aliphatic heterocycles. The van der Waals surface area contributed by atoms with Crippen LogP contribution in [0.1, 0.15) is 12.5 Å². The minimum Gasteiger partial charge on any atom is -0.375 e. The molecule has 4 aromatic rings. The van der Waals surface area contributed by atoms with E-state index in [-0.39, 0.29) is 11.7 Å². The van der Waals surface area contributed by atoms with Gasteiger partial charge in [-0.3, -0.25) is 14.6 Å². The summed E-state index contributed by atoms with van der Waals surface area (Å²) in [5.74, 6) is 1.42. The van der Waals surface area contributed by atoms with E-state index in [4.69, 9.17) is 11.6 Å². The number of nitrogens with zero attached hydrogens (tertiary/aromatic N) is 5. The molecule has 2 aromatic heterocycles. The Bertz CT molecular complexity index is 1580.